The quantitative estimate of drug-likeness (QED) is 0.835. The van der Waals surface area contributed by atoms with E-state index in [-0.39, 0.29) is 35.5 Å². The van der Waals surface area contributed by atoms with Crippen molar-refractivity contribution in [2.24, 2.45) is 0 Å². The molecule has 0 spiro atoms. The summed E-state index contributed by atoms with van der Waals surface area (Å²) in [4.78, 5) is 13.6. The zero-order valence-electron chi connectivity index (χ0n) is 13.0. The van der Waals surface area contributed by atoms with Crippen molar-refractivity contribution >= 4 is 27.5 Å². The fraction of sp³-hybridized carbons (Fsp3) is 0.533. The molecule has 1 saturated carbocycles. The number of hydrogen-bond acceptors (Lipinski definition) is 4. The molecule has 9 heteroatoms. The maximum atomic E-state index is 13.1. The third-order valence-corrected chi connectivity index (χ3v) is 6.53. The first-order valence-corrected chi connectivity index (χ1v) is 9.65. The van der Waals surface area contributed by atoms with Gasteiger partial charge in [0.15, 0.2) is 0 Å². The van der Waals surface area contributed by atoms with Crippen LogP contribution in [0.4, 0.5) is 4.39 Å². The molecule has 1 amide bonds. The van der Waals surface area contributed by atoms with Crippen LogP contribution < -0.4 is 5.32 Å². The number of hydrogen-bond donors (Lipinski definition) is 1. The molecular formula is C15H19ClFN3O3S. The van der Waals surface area contributed by atoms with Gasteiger partial charge < -0.3 is 5.32 Å². The standard InChI is InChI=1S/C15H19ClFN3O3S/c16-13-9-11(17)1-4-14(13)24(22,23)20-7-5-19(6-8-20)10-15(21)18-12-2-3-12/h1,4,9,12H,2-3,5-8,10H2,(H,18,21). The summed E-state index contributed by atoms with van der Waals surface area (Å²) in [6.07, 6.45) is 2.08. The summed E-state index contributed by atoms with van der Waals surface area (Å²) in [5.74, 6) is -0.596. The zero-order chi connectivity index (χ0) is 17.3. The Morgan fingerprint density at radius 3 is 2.50 bits per heavy atom. The van der Waals surface area contributed by atoms with Gasteiger partial charge >= 0.3 is 0 Å². The molecule has 1 aromatic rings. The summed E-state index contributed by atoms with van der Waals surface area (Å²) >= 11 is 5.88. The minimum atomic E-state index is -3.76. The number of halogens is 2. The number of carbonyl (C=O) groups excluding carboxylic acids is 1. The molecule has 1 N–H and O–H groups in total. The monoisotopic (exact) mass is 375 g/mol. The van der Waals surface area contributed by atoms with Gasteiger partial charge in [-0.2, -0.15) is 4.31 Å². The average molecular weight is 376 g/mol. The summed E-state index contributed by atoms with van der Waals surface area (Å²) in [6.45, 7) is 1.76. The van der Waals surface area contributed by atoms with Crippen LogP contribution in [0.3, 0.4) is 0 Å². The molecule has 2 aliphatic rings. The normalized spacial score (nSPS) is 20.1. The van der Waals surface area contributed by atoms with E-state index in [0.717, 1.165) is 25.0 Å². The van der Waals surface area contributed by atoms with Crippen molar-refractivity contribution in [1.29, 1.82) is 0 Å². The molecule has 1 aliphatic heterocycles. The number of rotatable bonds is 5. The van der Waals surface area contributed by atoms with Crippen LogP contribution in [0, 0.1) is 5.82 Å². The Labute approximate surface area is 145 Å². The van der Waals surface area contributed by atoms with Crippen LogP contribution in [-0.4, -0.2) is 62.3 Å². The molecule has 3 rings (SSSR count). The van der Waals surface area contributed by atoms with Gasteiger partial charge in [-0.15, -0.1) is 0 Å². The number of sulfonamides is 1. The second-order valence-electron chi connectivity index (χ2n) is 6.10. The molecule has 0 aromatic heterocycles. The molecule has 1 saturated heterocycles. The van der Waals surface area contributed by atoms with Gasteiger partial charge in [0, 0.05) is 32.2 Å². The van der Waals surface area contributed by atoms with Gasteiger partial charge in [-0.25, -0.2) is 12.8 Å². The average Bonchev–Trinajstić information content (AvgIpc) is 3.31. The Balaban J connectivity index is 1.59. The highest BCUT2D eigenvalue weighted by Gasteiger charge is 2.31. The Kier molecular flexibility index (Phi) is 5.10. The third-order valence-electron chi connectivity index (χ3n) is 4.15. The van der Waals surface area contributed by atoms with Crippen LogP contribution in [0.15, 0.2) is 23.1 Å². The van der Waals surface area contributed by atoms with Crippen LogP contribution in [0.25, 0.3) is 0 Å². The first-order valence-electron chi connectivity index (χ1n) is 7.83. The second kappa shape index (κ2) is 6.95. The summed E-state index contributed by atoms with van der Waals surface area (Å²) < 4.78 is 39.7. The predicted octanol–water partition coefficient (Wildman–Crippen LogP) is 1.06. The molecule has 24 heavy (non-hydrogen) atoms. The minimum absolute atomic E-state index is 0.0182. The Hall–Kier alpha value is -1.22. The SMILES string of the molecule is O=C(CN1CCN(S(=O)(=O)c2ccc(F)cc2Cl)CC1)NC1CC1. The zero-order valence-corrected chi connectivity index (χ0v) is 14.6. The van der Waals surface area contributed by atoms with Gasteiger partial charge in [0.25, 0.3) is 0 Å². The van der Waals surface area contributed by atoms with Crippen molar-refractivity contribution < 1.29 is 17.6 Å². The topological polar surface area (TPSA) is 69.7 Å². The van der Waals surface area contributed by atoms with Crippen molar-refractivity contribution in [3.05, 3.63) is 29.0 Å². The number of piperazine rings is 1. The number of carbonyl (C=O) groups is 1. The van der Waals surface area contributed by atoms with E-state index in [4.69, 9.17) is 11.6 Å². The highest BCUT2D eigenvalue weighted by molar-refractivity contribution is 7.89. The highest BCUT2D eigenvalue weighted by Crippen LogP contribution is 2.26. The molecule has 0 radical (unpaired) electrons. The van der Waals surface area contributed by atoms with E-state index in [0.29, 0.717) is 19.1 Å². The molecule has 6 nitrogen and oxygen atoms in total. The first-order chi connectivity index (χ1) is 11.4. The van der Waals surface area contributed by atoms with E-state index in [1.54, 1.807) is 0 Å². The second-order valence-corrected chi connectivity index (χ2v) is 8.41. The van der Waals surface area contributed by atoms with Gasteiger partial charge in [0.1, 0.15) is 10.7 Å². The molecule has 2 fully saturated rings. The van der Waals surface area contributed by atoms with E-state index in [2.05, 4.69) is 5.32 Å². The highest BCUT2D eigenvalue weighted by atomic mass is 35.5. The van der Waals surface area contributed by atoms with Crippen LogP contribution in [-0.2, 0) is 14.8 Å². The summed E-state index contributed by atoms with van der Waals surface area (Å²) in [7, 11) is -3.76. The molecule has 0 unspecified atom stereocenters. The first kappa shape index (κ1) is 17.6. The van der Waals surface area contributed by atoms with E-state index in [1.807, 2.05) is 4.90 Å². The van der Waals surface area contributed by atoms with Gasteiger partial charge in [0.05, 0.1) is 11.6 Å². The Bertz CT molecular complexity index is 731. The molecule has 0 atom stereocenters. The lowest BCUT2D eigenvalue weighted by atomic mass is 10.3. The lowest BCUT2D eigenvalue weighted by molar-refractivity contribution is -0.122. The van der Waals surface area contributed by atoms with Gasteiger partial charge in [0.2, 0.25) is 15.9 Å². The lowest BCUT2D eigenvalue weighted by Crippen LogP contribution is -2.51. The van der Waals surface area contributed by atoms with E-state index in [1.165, 1.54) is 10.4 Å². The van der Waals surface area contributed by atoms with Gasteiger partial charge in [-0.1, -0.05) is 11.6 Å². The number of nitrogens with one attached hydrogen (secondary N) is 1. The van der Waals surface area contributed by atoms with Gasteiger partial charge in [-0.3, -0.25) is 9.69 Å². The van der Waals surface area contributed by atoms with Crippen molar-refractivity contribution in [3.63, 3.8) is 0 Å². The minimum Gasteiger partial charge on any atom is -0.352 e. The van der Waals surface area contributed by atoms with Gasteiger partial charge in [-0.05, 0) is 31.0 Å². The van der Waals surface area contributed by atoms with Crippen LogP contribution in [0.1, 0.15) is 12.8 Å². The van der Waals surface area contributed by atoms with E-state index < -0.39 is 15.8 Å². The smallest absolute Gasteiger partial charge is 0.244 e. The fourth-order valence-electron chi connectivity index (χ4n) is 2.66. The van der Waals surface area contributed by atoms with Crippen LogP contribution in [0.2, 0.25) is 5.02 Å². The summed E-state index contributed by atoms with van der Waals surface area (Å²) in [5.41, 5.74) is 0. The van der Waals surface area contributed by atoms with E-state index >= 15 is 0 Å². The van der Waals surface area contributed by atoms with Crippen molar-refractivity contribution in [2.45, 2.75) is 23.8 Å². The molecule has 1 aromatic carbocycles. The Morgan fingerprint density at radius 2 is 1.92 bits per heavy atom. The van der Waals surface area contributed by atoms with Crippen LogP contribution >= 0.6 is 11.6 Å². The van der Waals surface area contributed by atoms with Crippen molar-refractivity contribution in [1.82, 2.24) is 14.5 Å². The molecule has 1 aliphatic carbocycles. The summed E-state index contributed by atoms with van der Waals surface area (Å²) in [5, 5.41) is 2.79. The molecule has 132 valence electrons. The largest absolute Gasteiger partial charge is 0.352 e. The maximum Gasteiger partial charge on any atom is 0.244 e. The molecule has 0 bridgehead atoms. The van der Waals surface area contributed by atoms with Crippen molar-refractivity contribution in [2.75, 3.05) is 32.7 Å². The molecule has 1 heterocycles. The third kappa shape index (κ3) is 4.05. The number of nitrogens with zero attached hydrogens (tertiary/aromatic N) is 2. The van der Waals surface area contributed by atoms with Crippen molar-refractivity contribution in [3.8, 4) is 0 Å². The van der Waals surface area contributed by atoms with E-state index in [9.17, 15) is 17.6 Å². The lowest BCUT2D eigenvalue weighted by Gasteiger charge is -2.33. The fourth-order valence-corrected chi connectivity index (χ4v) is 4.58. The number of amides is 1. The maximum absolute atomic E-state index is 13.1. The van der Waals surface area contributed by atoms with Crippen LogP contribution in [0.5, 0.6) is 0 Å². The number of benzene rings is 1. The Morgan fingerprint density at radius 1 is 1.25 bits per heavy atom. The summed E-state index contributed by atoms with van der Waals surface area (Å²) in [6, 6.07) is 3.58. The predicted molar refractivity (Wildman–Crippen MR) is 87.8 cm³/mol. The molecular weight excluding hydrogens is 357 g/mol.